The van der Waals surface area contributed by atoms with Crippen LogP contribution in [0.15, 0.2) is 72.9 Å². The van der Waals surface area contributed by atoms with Gasteiger partial charge in [0.25, 0.3) is 5.91 Å². The molecule has 5 N–H and O–H groups in total. The minimum Gasteiger partial charge on any atom is -0.361 e. The van der Waals surface area contributed by atoms with Crippen LogP contribution in [0.4, 0.5) is 0 Å². The first-order chi connectivity index (χ1) is 15.0. The number of hydrogen-bond acceptors (Lipinski definition) is 4. The first kappa shape index (κ1) is 20.3. The van der Waals surface area contributed by atoms with E-state index in [-0.39, 0.29) is 13.0 Å². The highest BCUT2D eigenvalue weighted by atomic mass is 16.2. The van der Waals surface area contributed by atoms with Gasteiger partial charge in [-0.3, -0.25) is 19.7 Å². The second-order valence-corrected chi connectivity index (χ2v) is 7.27. The molecule has 0 aliphatic heterocycles. The van der Waals surface area contributed by atoms with E-state index in [9.17, 15) is 14.4 Å². The Labute approximate surface area is 178 Å². The Balaban J connectivity index is 1.54. The monoisotopic (exact) mass is 414 g/mol. The third kappa shape index (κ3) is 4.46. The van der Waals surface area contributed by atoms with Gasteiger partial charge in [-0.25, -0.2) is 0 Å². The number of nitrogens with one attached hydrogen (secondary N) is 3. The molecular formula is C24H22N4O3. The van der Waals surface area contributed by atoms with E-state index in [2.05, 4.69) is 15.6 Å². The number of carbonyl (C=O) groups is 3. The Bertz CT molecular complexity index is 1280. The number of rotatable bonds is 6. The van der Waals surface area contributed by atoms with Crippen molar-refractivity contribution < 1.29 is 14.4 Å². The zero-order chi connectivity index (χ0) is 21.8. The van der Waals surface area contributed by atoms with Gasteiger partial charge in [0.15, 0.2) is 0 Å². The lowest BCUT2D eigenvalue weighted by Gasteiger charge is -2.17. The maximum absolute atomic E-state index is 12.9. The number of H-pyrrole nitrogens is 1. The van der Waals surface area contributed by atoms with Crippen LogP contribution in [-0.2, 0) is 16.0 Å². The van der Waals surface area contributed by atoms with Crippen LogP contribution >= 0.6 is 0 Å². The number of para-hydroxylation sites is 1. The van der Waals surface area contributed by atoms with Gasteiger partial charge in [-0.1, -0.05) is 48.5 Å². The van der Waals surface area contributed by atoms with Gasteiger partial charge in [0, 0.05) is 29.1 Å². The summed E-state index contributed by atoms with van der Waals surface area (Å²) >= 11 is 0. The van der Waals surface area contributed by atoms with Crippen LogP contribution in [-0.4, -0.2) is 35.3 Å². The number of aromatic amines is 1. The number of nitrogens with two attached hydrogens (primary N) is 1. The molecule has 0 saturated heterocycles. The third-order valence-electron chi connectivity index (χ3n) is 5.18. The summed E-state index contributed by atoms with van der Waals surface area (Å²) in [5, 5.41) is 7.86. The van der Waals surface area contributed by atoms with Crippen LogP contribution < -0.4 is 16.4 Å². The summed E-state index contributed by atoms with van der Waals surface area (Å²) in [5.41, 5.74) is 7.55. The van der Waals surface area contributed by atoms with Crippen LogP contribution in [0.3, 0.4) is 0 Å². The van der Waals surface area contributed by atoms with Gasteiger partial charge >= 0.3 is 0 Å². The third-order valence-corrected chi connectivity index (χ3v) is 5.18. The fraction of sp³-hybridized carbons (Fsp3) is 0.125. The fourth-order valence-corrected chi connectivity index (χ4v) is 3.58. The molecule has 1 aromatic heterocycles. The van der Waals surface area contributed by atoms with Crippen molar-refractivity contribution in [1.29, 1.82) is 0 Å². The van der Waals surface area contributed by atoms with E-state index in [0.29, 0.717) is 5.56 Å². The lowest BCUT2D eigenvalue weighted by atomic mass is 10.0. The van der Waals surface area contributed by atoms with Crippen molar-refractivity contribution in [3.05, 3.63) is 84.1 Å². The second kappa shape index (κ2) is 8.81. The maximum atomic E-state index is 12.9. The summed E-state index contributed by atoms with van der Waals surface area (Å²) in [4.78, 5) is 40.7. The predicted molar refractivity (Wildman–Crippen MR) is 119 cm³/mol. The Morgan fingerprint density at radius 1 is 0.935 bits per heavy atom. The molecule has 7 heteroatoms. The normalized spacial score (nSPS) is 11.9. The van der Waals surface area contributed by atoms with Crippen molar-refractivity contribution in [3.8, 4) is 0 Å². The minimum atomic E-state index is -0.945. The van der Waals surface area contributed by atoms with Gasteiger partial charge < -0.3 is 16.0 Å². The molecule has 0 aliphatic rings. The van der Waals surface area contributed by atoms with Crippen molar-refractivity contribution in [1.82, 2.24) is 15.6 Å². The van der Waals surface area contributed by atoms with Crippen LogP contribution in [0.25, 0.3) is 21.7 Å². The molecule has 4 rings (SSSR count). The molecule has 3 aromatic carbocycles. The average Bonchev–Trinajstić information content (AvgIpc) is 3.21. The lowest BCUT2D eigenvalue weighted by Crippen LogP contribution is -2.50. The minimum absolute atomic E-state index is 0.215. The maximum Gasteiger partial charge on any atom is 0.257 e. The molecular weight excluding hydrogens is 392 g/mol. The number of hydrogen-bond donors (Lipinski definition) is 4. The first-order valence-corrected chi connectivity index (χ1v) is 9.93. The molecule has 0 fully saturated rings. The molecule has 7 nitrogen and oxygen atoms in total. The number of imide groups is 1. The van der Waals surface area contributed by atoms with Crippen molar-refractivity contribution in [3.63, 3.8) is 0 Å². The molecule has 3 amide bonds. The molecule has 0 unspecified atom stereocenters. The van der Waals surface area contributed by atoms with Crippen molar-refractivity contribution >= 4 is 39.4 Å². The largest absolute Gasteiger partial charge is 0.361 e. The predicted octanol–water partition coefficient (Wildman–Crippen LogP) is 2.26. The van der Waals surface area contributed by atoms with Gasteiger partial charge in [0.05, 0.1) is 6.54 Å². The van der Waals surface area contributed by atoms with Gasteiger partial charge in [0.1, 0.15) is 6.04 Å². The molecule has 156 valence electrons. The highest BCUT2D eigenvalue weighted by Gasteiger charge is 2.24. The molecule has 0 aliphatic carbocycles. The molecule has 1 atom stereocenters. The van der Waals surface area contributed by atoms with E-state index < -0.39 is 23.8 Å². The van der Waals surface area contributed by atoms with Crippen molar-refractivity contribution in [2.75, 3.05) is 6.54 Å². The van der Waals surface area contributed by atoms with Crippen LogP contribution in [0.2, 0.25) is 0 Å². The van der Waals surface area contributed by atoms with E-state index >= 15 is 0 Å². The number of aromatic nitrogens is 1. The summed E-state index contributed by atoms with van der Waals surface area (Å²) in [7, 11) is 0. The molecule has 0 bridgehead atoms. The molecule has 0 radical (unpaired) electrons. The Hall–Kier alpha value is -3.97. The van der Waals surface area contributed by atoms with E-state index in [1.54, 1.807) is 18.3 Å². The van der Waals surface area contributed by atoms with E-state index in [0.717, 1.165) is 27.2 Å². The Kier molecular flexibility index (Phi) is 5.77. The summed E-state index contributed by atoms with van der Waals surface area (Å²) in [6.07, 6.45) is 2.01. The molecule has 1 heterocycles. The number of carbonyl (C=O) groups excluding carboxylic acids is 3. The van der Waals surface area contributed by atoms with Crippen LogP contribution in [0.5, 0.6) is 0 Å². The highest BCUT2D eigenvalue weighted by Crippen LogP contribution is 2.19. The number of amides is 3. The van der Waals surface area contributed by atoms with Crippen LogP contribution in [0.1, 0.15) is 15.9 Å². The standard InChI is InChI=1S/C24H22N4O3/c25-13-22(29)27-21(12-18-14-26-20-8-4-3-7-19(18)20)24(31)28-23(30)17-10-9-15-5-1-2-6-16(15)11-17/h1-11,14,21,26H,12-13,25H2,(H,27,29)(H,28,30,31)/t21-/m0/s1. The summed E-state index contributed by atoms with van der Waals surface area (Å²) in [6.45, 7) is -0.254. The number of benzene rings is 3. The van der Waals surface area contributed by atoms with E-state index in [1.807, 2.05) is 54.6 Å². The Morgan fingerprint density at radius 3 is 2.48 bits per heavy atom. The van der Waals surface area contributed by atoms with E-state index in [4.69, 9.17) is 5.73 Å². The van der Waals surface area contributed by atoms with E-state index in [1.165, 1.54) is 0 Å². The fourth-order valence-electron chi connectivity index (χ4n) is 3.58. The van der Waals surface area contributed by atoms with Crippen molar-refractivity contribution in [2.45, 2.75) is 12.5 Å². The summed E-state index contributed by atoms with van der Waals surface area (Å²) in [6, 6.07) is 19.6. The summed E-state index contributed by atoms with van der Waals surface area (Å²) in [5.74, 6) is -1.59. The quantitative estimate of drug-likeness (QED) is 0.387. The van der Waals surface area contributed by atoms with Gasteiger partial charge in [-0.2, -0.15) is 0 Å². The zero-order valence-corrected chi connectivity index (χ0v) is 16.7. The smallest absolute Gasteiger partial charge is 0.257 e. The zero-order valence-electron chi connectivity index (χ0n) is 16.7. The van der Waals surface area contributed by atoms with Gasteiger partial charge in [-0.15, -0.1) is 0 Å². The first-order valence-electron chi connectivity index (χ1n) is 9.93. The number of fused-ring (bicyclic) bond motifs is 2. The molecule has 0 saturated carbocycles. The van der Waals surface area contributed by atoms with Gasteiger partial charge in [-0.05, 0) is 34.5 Å². The summed E-state index contributed by atoms with van der Waals surface area (Å²) < 4.78 is 0. The topological polar surface area (TPSA) is 117 Å². The van der Waals surface area contributed by atoms with Crippen LogP contribution in [0, 0.1) is 0 Å². The molecule has 31 heavy (non-hydrogen) atoms. The molecule has 0 spiro atoms. The second-order valence-electron chi connectivity index (χ2n) is 7.27. The Morgan fingerprint density at radius 2 is 1.68 bits per heavy atom. The highest BCUT2D eigenvalue weighted by molar-refractivity contribution is 6.08. The molecule has 4 aromatic rings. The van der Waals surface area contributed by atoms with Crippen molar-refractivity contribution in [2.24, 2.45) is 5.73 Å². The lowest BCUT2D eigenvalue weighted by molar-refractivity contribution is -0.127. The van der Waals surface area contributed by atoms with Gasteiger partial charge in [0.2, 0.25) is 11.8 Å². The SMILES string of the molecule is NCC(=O)N[C@@H](Cc1c[nH]c2ccccc12)C(=O)NC(=O)c1ccc2ccccc2c1. The average molecular weight is 414 g/mol.